The Hall–Kier alpha value is -8.34. The second-order valence-electron chi connectivity index (χ2n) is 16.1. The molecule has 0 spiro atoms. The van der Waals surface area contributed by atoms with E-state index in [4.69, 9.17) is 15.0 Å². The van der Waals surface area contributed by atoms with Gasteiger partial charge in [0, 0.05) is 34.6 Å². The monoisotopic (exact) mass is 786 g/mol. The van der Waals surface area contributed by atoms with Gasteiger partial charge in [0.1, 0.15) is 0 Å². The molecule has 2 aromatic heterocycles. The SMILES string of the molecule is c1ccc(-c2nc(-c3ccccc3-c3cccnc3)nc(-c3ccc(-c4cc5ccc6cccc7c8cccc9ccc%10cccc(c(c4)c5c67)c%10c98)c4ccccc34)n2)cc1. The van der Waals surface area contributed by atoms with Crippen LogP contribution in [0.1, 0.15) is 0 Å². The van der Waals surface area contributed by atoms with Crippen LogP contribution in [0.15, 0.2) is 207 Å². The van der Waals surface area contributed by atoms with Crippen molar-refractivity contribution < 1.29 is 0 Å². The summed E-state index contributed by atoms with van der Waals surface area (Å²) in [7, 11) is 0. The molecule has 62 heavy (non-hydrogen) atoms. The molecule has 0 fully saturated rings. The zero-order valence-electron chi connectivity index (χ0n) is 33.4. The van der Waals surface area contributed by atoms with Crippen molar-refractivity contribution in [2.24, 2.45) is 0 Å². The van der Waals surface area contributed by atoms with Crippen molar-refractivity contribution in [1.82, 2.24) is 19.9 Å². The van der Waals surface area contributed by atoms with Crippen LogP contribution in [0.4, 0.5) is 0 Å². The summed E-state index contributed by atoms with van der Waals surface area (Å²) in [5.74, 6) is 1.86. The second-order valence-corrected chi connectivity index (χ2v) is 16.1. The molecule has 0 amide bonds. The van der Waals surface area contributed by atoms with Gasteiger partial charge in [0.25, 0.3) is 0 Å². The largest absolute Gasteiger partial charge is 0.264 e. The third-order valence-electron chi connectivity index (χ3n) is 12.7. The molecule has 11 aromatic carbocycles. The van der Waals surface area contributed by atoms with Crippen molar-refractivity contribution in [1.29, 1.82) is 0 Å². The molecule has 286 valence electrons. The Morgan fingerprint density at radius 1 is 0.258 bits per heavy atom. The third kappa shape index (κ3) is 5.27. The van der Waals surface area contributed by atoms with Crippen LogP contribution in [0.25, 0.3) is 132 Å². The summed E-state index contributed by atoms with van der Waals surface area (Å²) in [5.41, 5.74) is 7.13. The van der Waals surface area contributed by atoms with Gasteiger partial charge in [-0.3, -0.25) is 4.98 Å². The van der Waals surface area contributed by atoms with Crippen LogP contribution in [0.3, 0.4) is 0 Å². The predicted octanol–water partition coefficient (Wildman–Crippen LogP) is 15.1. The number of nitrogens with zero attached hydrogens (tertiary/aromatic N) is 4. The first-order valence-corrected chi connectivity index (χ1v) is 21.0. The zero-order chi connectivity index (χ0) is 40.7. The lowest BCUT2D eigenvalue weighted by Gasteiger charge is -2.18. The fourth-order valence-electron chi connectivity index (χ4n) is 9.97. The summed E-state index contributed by atoms with van der Waals surface area (Å²) < 4.78 is 0. The molecule has 2 heterocycles. The summed E-state index contributed by atoms with van der Waals surface area (Å²) in [6.45, 7) is 0. The number of hydrogen-bond acceptors (Lipinski definition) is 4. The lowest BCUT2D eigenvalue weighted by molar-refractivity contribution is 1.08. The normalized spacial score (nSPS) is 11.9. The number of hydrogen-bond donors (Lipinski definition) is 0. The lowest BCUT2D eigenvalue weighted by Crippen LogP contribution is -2.01. The average Bonchev–Trinajstić information content (AvgIpc) is 3.35. The van der Waals surface area contributed by atoms with Gasteiger partial charge in [-0.05, 0) is 116 Å². The fraction of sp³-hybridized carbons (Fsp3) is 0. The topological polar surface area (TPSA) is 51.6 Å². The van der Waals surface area contributed by atoms with Crippen molar-refractivity contribution in [3.8, 4) is 56.4 Å². The molecule has 0 aliphatic heterocycles. The molecule has 13 rings (SSSR count). The molecule has 4 heteroatoms. The molecule has 0 N–H and O–H groups in total. The smallest absolute Gasteiger partial charge is 0.164 e. The predicted molar refractivity (Wildman–Crippen MR) is 259 cm³/mol. The number of aromatic nitrogens is 4. The van der Waals surface area contributed by atoms with Gasteiger partial charge in [-0.2, -0.15) is 0 Å². The summed E-state index contributed by atoms with van der Waals surface area (Å²) in [6.07, 6.45) is 3.68. The molecule has 0 saturated carbocycles. The first kappa shape index (κ1) is 34.5. The van der Waals surface area contributed by atoms with E-state index in [9.17, 15) is 0 Å². The van der Waals surface area contributed by atoms with Crippen LogP contribution in [0.5, 0.6) is 0 Å². The fourth-order valence-corrected chi connectivity index (χ4v) is 9.97. The Morgan fingerprint density at radius 3 is 1.42 bits per heavy atom. The minimum absolute atomic E-state index is 0.611. The molecule has 0 saturated heterocycles. The summed E-state index contributed by atoms with van der Waals surface area (Å²) >= 11 is 0. The van der Waals surface area contributed by atoms with E-state index in [0.717, 1.165) is 49.7 Å². The van der Waals surface area contributed by atoms with Gasteiger partial charge in [-0.1, -0.05) is 170 Å². The molecular formula is C58H34N4. The van der Waals surface area contributed by atoms with E-state index < -0.39 is 0 Å². The molecule has 0 aliphatic rings. The lowest BCUT2D eigenvalue weighted by atomic mass is 9.86. The first-order chi connectivity index (χ1) is 30.7. The summed E-state index contributed by atoms with van der Waals surface area (Å²) in [5, 5.41) is 17.4. The maximum atomic E-state index is 5.28. The van der Waals surface area contributed by atoms with Crippen molar-refractivity contribution >= 4 is 75.4 Å². The van der Waals surface area contributed by atoms with Crippen molar-refractivity contribution in [3.63, 3.8) is 0 Å². The van der Waals surface area contributed by atoms with E-state index in [1.807, 2.05) is 42.6 Å². The van der Waals surface area contributed by atoms with Gasteiger partial charge in [-0.25, -0.2) is 15.0 Å². The minimum atomic E-state index is 0.611. The van der Waals surface area contributed by atoms with Gasteiger partial charge in [0.15, 0.2) is 17.5 Å². The van der Waals surface area contributed by atoms with Crippen LogP contribution in [-0.2, 0) is 0 Å². The van der Waals surface area contributed by atoms with E-state index in [1.54, 1.807) is 6.20 Å². The Morgan fingerprint density at radius 2 is 0.758 bits per heavy atom. The Bertz CT molecular complexity index is 3910. The molecule has 4 nitrogen and oxygen atoms in total. The van der Waals surface area contributed by atoms with Gasteiger partial charge >= 0.3 is 0 Å². The van der Waals surface area contributed by atoms with E-state index in [2.05, 4.69) is 163 Å². The Balaban J connectivity index is 1.08. The highest BCUT2D eigenvalue weighted by Gasteiger charge is 2.20. The van der Waals surface area contributed by atoms with E-state index in [0.29, 0.717) is 17.5 Å². The van der Waals surface area contributed by atoms with Crippen LogP contribution < -0.4 is 0 Å². The van der Waals surface area contributed by atoms with Crippen LogP contribution in [-0.4, -0.2) is 19.9 Å². The van der Waals surface area contributed by atoms with Crippen LogP contribution in [0.2, 0.25) is 0 Å². The molecule has 13 aromatic rings. The highest BCUT2D eigenvalue weighted by Crippen LogP contribution is 2.46. The second kappa shape index (κ2) is 13.6. The third-order valence-corrected chi connectivity index (χ3v) is 12.7. The highest BCUT2D eigenvalue weighted by atomic mass is 15.0. The number of rotatable bonds is 5. The quantitative estimate of drug-likeness (QED) is 0.163. The van der Waals surface area contributed by atoms with Gasteiger partial charge in [0.05, 0.1) is 0 Å². The van der Waals surface area contributed by atoms with Gasteiger partial charge in [0.2, 0.25) is 0 Å². The molecular weight excluding hydrogens is 753 g/mol. The number of benzene rings is 10. The van der Waals surface area contributed by atoms with Crippen molar-refractivity contribution in [3.05, 3.63) is 207 Å². The summed E-state index contributed by atoms with van der Waals surface area (Å²) in [6, 6.07) is 69.9. The van der Waals surface area contributed by atoms with Crippen LogP contribution in [0, 0.1) is 0 Å². The van der Waals surface area contributed by atoms with E-state index in [-0.39, 0.29) is 0 Å². The molecule has 0 aliphatic carbocycles. The number of pyridine rings is 1. The molecule has 0 bridgehead atoms. The van der Waals surface area contributed by atoms with Gasteiger partial charge < -0.3 is 0 Å². The Labute approximate surface area is 356 Å². The first-order valence-electron chi connectivity index (χ1n) is 21.0. The summed E-state index contributed by atoms with van der Waals surface area (Å²) in [4.78, 5) is 20.0. The molecule has 0 radical (unpaired) electrons. The Kier molecular flexibility index (Phi) is 7.57. The molecule has 0 unspecified atom stereocenters. The molecule has 0 atom stereocenters. The van der Waals surface area contributed by atoms with Crippen molar-refractivity contribution in [2.75, 3.05) is 0 Å². The van der Waals surface area contributed by atoms with E-state index in [1.165, 1.54) is 64.6 Å². The van der Waals surface area contributed by atoms with E-state index >= 15 is 0 Å². The van der Waals surface area contributed by atoms with Gasteiger partial charge in [-0.15, -0.1) is 0 Å². The zero-order valence-corrected chi connectivity index (χ0v) is 33.4. The maximum Gasteiger partial charge on any atom is 0.164 e. The van der Waals surface area contributed by atoms with Crippen LogP contribution >= 0.6 is 0 Å². The number of fused-ring (bicyclic) bond motifs is 3. The van der Waals surface area contributed by atoms with Crippen molar-refractivity contribution in [2.45, 2.75) is 0 Å². The standard InChI is InChI=1S/C58H34N4/c1-2-12-38(13-3-1)56-60-57(49-21-7-4-18-42(49)40-17-11-31-59-34-40)62-58(61-56)50-30-29-43(44-19-5-6-20-45(44)50)41-32-39-28-27-37-15-9-23-47-46-22-8-14-35-25-26-36-16-10-24-48(54(36)52(35)46)51(33-41)55(39)53(37)47/h1-34H. The highest BCUT2D eigenvalue weighted by molar-refractivity contribution is 6.37. The minimum Gasteiger partial charge on any atom is -0.264 e. The maximum absolute atomic E-state index is 5.28. The average molecular weight is 787 g/mol.